The molecule has 0 atom stereocenters. The molecule has 1 aromatic carbocycles. The first-order chi connectivity index (χ1) is 8.13. The van der Waals surface area contributed by atoms with Gasteiger partial charge >= 0.3 is 0 Å². The summed E-state index contributed by atoms with van der Waals surface area (Å²) in [5.74, 6) is 0.804. The highest BCUT2D eigenvalue weighted by Gasteiger charge is 2.09. The Labute approximate surface area is 102 Å². The van der Waals surface area contributed by atoms with Crippen molar-refractivity contribution in [3.63, 3.8) is 0 Å². The van der Waals surface area contributed by atoms with Crippen molar-refractivity contribution in [2.75, 3.05) is 5.73 Å². The lowest BCUT2D eigenvalue weighted by Gasteiger charge is -1.95. The number of anilines is 1. The van der Waals surface area contributed by atoms with Gasteiger partial charge in [0.2, 0.25) is 0 Å². The van der Waals surface area contributed by atoms with Crippen LogP contribution in [0.3, 0.4) is 0 Å². The van der Waals surface area contributed by atoms with Crippen molar-refractivity contribution in [2.24, 2.45) is 7.05 Å². The number of aryl methyl sites for hydroxylation is 1. The quantitative estimate of drug-likeness (QED) is 0.692. The fourth-order valence-electron chi connectivity index (χ4n) is 1.87. The van der Waals surface area contributed by atoms with E-state index in [1.807, 2.05) is 19.2 Å². The molecule has 2 aromatic heterocycles. The van der Waals surface area contributed by atoms with E-state index in [0.29, 0.717) is 5.82 Å². The standard InChI is InChI=1S/C12H11N3OS/c1-15-9(6-12(13)14-15)11-4-7-2-3-8(16)5-10(7)17-11/h2-6,16H,1H3,(H2,13,14). The second-order valence-electron chi connectivity index (χ2n) is 3.91. The van der Waals surface area contributed by atoms with Crippen molar-refractivity contribution in [1.29, 1.82) is 0 Å². The second-order valence-corrected chi connectivity index (χ2v) is 4.99. The highest BCUT2D eigenvalue weighted by molar-refractivity contribution is 7.22. The molecule has 86 valence electrons. The number of hydrogen-bond donors (Lipinski definition) is 2. The van der Waals surface area contributed by atoms with Crippen LogP contribution in [0.2, 0.25) is 0 Å². The van der Waals surface area contributed by atoms with Gasteiger partial charge < -0.3 is 10.8 Å². The summed E-state index contributed by atoms with van der Waals surface area (Å²) in [5, 5.41) is 14.7. The van der Waals surface area contributed by atoms with Gasteiger partial charge in [0.25, 0.3) is 0 Å². The van der Waals surface area contributed by atoms with E-state index in [1.165, 1.54) is 0 Å². The van der Waals surface area contributed by atoms with Gasteiger partial charge in [-0.2, -0.15) is 5.10 Å². The number of rotatable bonds is 1. The van der Waals surface area contributed by atoms with Gasteiger partial charge in [-0.25, -0.2) is 0 Å². The monoisotopic (exact) mass is 245 g/mol. The molecule has 0 fully saturated rings. The van der Waals surface area contributed by atoms with Crippen molar-refractivity contribution in [1.82, 2.24) is 9.78 Å². The number of phenolic OH excluding ortho intramolecular Hbond substituents is 1. The van der Waals surface area contributed by atoms with Crippen molar-refractivity contribution >= 4 is 27.2 Å². The third kappa shape index (κ3) is 1.64. The van der Waals surface area contributed by atoms with E-state index in [9.17, 15) is 5.11 Å². The van der Waals surface area contributed by atoms with Crippen molar-refractivity contribution < 1.29 is 5.11 Å². The Kier molecular flexibility index (Phi) is 2.09. The number of thiophene rings is 1. The number of phenols is 1. The minimum Gasteiger partial charge on any atom is -0.508 e. The molecule has 5 heteroatoms. The number of aromatic nitrogens is 2. The molecule has 3 aromatic rings. The minimum atomic E-state index is 0.287. The van der Waals surface area contributed by atoms with Gasteiger partial charge in [0.05, 0.1) is 10.6 Å². The number of nitrogens with two attached hydrogens (primary N) is 1. The second kappa shape index (κ2) is 3.49. The van der Waals surface area contributed by atoms with Crippen LogP contribution in [0.15, 0.2) is 30.3 Å². The third-order valence-electron chi connectivity index (χ3n) is 2.65. The Bertz CT molecular complexity index is 699. The Hall–Kier alpha value is -2.01. The predicted molar refractivity (Wildman–Crippen MR) is 70.1 cm³/mol. The van der Waals surface area contributed by atoms with E-state index in [2.05, 4.69) is 11.2 Å². The molecular weight excluding hydrogens is 234 g/mol. The van der Waals surface area contributed by atoms with E-state index in [1.54, 1.807) is 28.2 Å². The summed E-state index contributed by atoms with van der Waals surface area (Å²) < 4.78 is 2.82. The summed E-state index contributed by atoms with van der Waals surface area (Å²) in [5.41, 5.74) is 6.66. The van der Waals surface area contributed by atoms with Crippen LogP contribution >= 0.6 is 11.3 Å². The van der Waals surface area contributed by atoms with Gasteiger partial charge in [-0.1, -0.05) is 0 Å². The molecule has 0 aliphatic carbocycles. The highest BCUT2D eigenvalue weighted by atomic mass is 32.1. The molecule has 0 radical (unpaired) electrons. The van der Waals surface area contributed by atoms with Crippen LogP contribution in [0.25, 0.3) is 20.7 Å². The summed E-state index contributed by atoms with van der Waals surface area (Å²) in [6, 6.07) is 9.30. The Morgan fingerprint density at radius 3 is 2.82 bits per heavy atom. The van der Waals surface area contributed by atoms with Crippen LogP contribution in [-0.2, 0) is 7.05 Å². The summed E-state index contributed by atoms with van der Waals surface area (Å²) in [4.78, 5) is 1.09. The first-order valence-electron chi connectivity index (χ1n) is 5.16. The molecular formula is C12H11N3OS. The number of aromatic hydroxyl groups is 1. The van der Waals surface area contributed by atoms with Gasteiger partial charge in [-0.15, -0.1) is 11.3 Å². The zero-order chi connectivity index (χ0) is 12.0. The molecule has 0 unspecified atom stereocenters. The maximum absolute atomic E-state index is 9.44. The molecule has 0 saturated carbocycles. The van der Waals surface area contributed by atoms with Crippen LogP contribution in [0.5, 0.6) is 5.75 Å². The lowest BCUT2D eigenvalue weighted by Crippen LogP contribution is -1.93. The number of nitrogen functional groups attached to an aromatic ring is 1. The fraction of sp³-hybridized carbons (Fsp3) is 0.0833. The average Bonchev–Trinajstić information content (AvgIpc) is 2.80. The van der Waals surface area contributed by atoms with E-state index >= 15 is 0 Å². The molecule has 0 aliphatic heterocycles. The Morgan fingerprint density at radius 2 is 2.12 bits per heavy atom. The van der Waals surface area contributed by atoms with Gasteiger partial charge in [-0.3, -0.25) is 4.68 Å². The summed E-state index contributed by atoms with van der Waals surface area (Å²) >= 11 is 1.62. The number of benzene rings is 1. The van der Waals surface area contributed by atoms with Crippen LogP contribution in [0.4, 0.5) is 5.82 Å². The van der Waals surface area contributed by atoms with E-state index in [0.717, 1.165) is 20.7 Å². The predicted octanol–water partition coefficient (Wildman–Crippen LogP) is 2.59. The van der Waals surface area contributed by atoms with Crippen molar-refractivity contribution in [3.05, 3.63) is 30.3 Å². The molecule has 17 heavy (non-hydrogen) atoms. The maximum atomic E-state index is 9.44. The largest absolute Gasteiger partial charge is 0.508 e. The Balaban J connectivity index is 2.21. The average molecular weight is 245 g/mol. The van der Waals surface area contributed by atoms with Crippen molar-refractivity contribution in [3.8, 4) is 16.3 Å². The topological polar surface area (TPSA) is 64.1 Å². The lowest BCUT2D eigenvalue weighted by atomic mass is 10.2. The number of fused-ring (bicyclic) bond motifs is 1. The molecule has 0 amide bonds. The lowest BCUT2D eigenvalue weighted by molar-refractivity contribution is 0.476. The van der Waals surface area contributed by atoms with Crippen LogP contribution in [-0.4, -0.2) is 14.9 Å². The third-order valence-corrected chi connectivity index (χ3v) is 3.78. The molecule has 3 N–H and O–H groups in total. The van der Waals surface area contributed by atoms with Gasteiger partial charge in [-0.05, 0) is 29.7 Å². The summed E-state index contributed by atoms with van der Waals surface area (Å²) in [6.45, 7) is 0. The van der Waals surface area contributed by atoms with Crippen LogP contribution < -0.4 is 5.73 Å². The van der Waals surface area contributed by atoms with Gasteiger partial charge in [0.1, 0.15) is 11.6 Å². The van der Waals surface area contributed by atoms with E-state index in [4.69, 9.17) is 5.73 Å². The molecule has 0 saturated heterocycles. The first kappa shape index (κ1) is 10.2. The fourth-order valence-corrected chi connectivity index (χ4v) is 3.01. The first-order valence-corrected chi connectivity index (χ1v) is 5.97. The Morgan fingerprint density at radius 1 is 1.29 bits per heavy atom. The minimum absolute atomic E-state index is 0.287. The van der Waals surface area contributed by atoms with Crippen molar-refractivity contribution in [2.45, 2.75) is 0 Å². The highest BCUT2D eigenvalue weighted by Crippen LogP contribution is 2.35. The number of nitrogens with zero attached hydrogens (tertiary/aromatic N) is 2. The zero-order valence-corrected chi connectivity index (χ0v) is 10.0. The van der Waals surface area contributed by atoms with E-state index < -0.39 is 0 Å². The number of hydrogen-bond acceptors (Lipinski definition) is 4. The summed E-state index contributed by atoms with van der Waals surface area (Å²) in [6.07, 6.45) is 0. The molecule has 2 heterocycles. The van der Waals surface area contributed by atoms with Crippen LogP contribution in [0.1, 0.15) is 0 Å². The summed E-state index contributed by atoms with van der Waals surface area (Å²) in [7, 11) is 1.87. The van der Waals surface area contributed by atoms with Crippen LogP contribution in [0, 0.1) is 0 Å². The zero-order valence-electron chi connectivity index (χ0n) is 9.21. The molecule has 4 nitrogen and oxygen atoms in total. The normalized spacial score (nSPS) is 11.1. The molecule has 0 aliphatic rings. The molecule has 3 rings (SSSR count). The van der Waals surface area contributed by atoms with Gasteiger partial charge in [0, 0.05) is 17.8 Å². The maximum Gasteiger partial charge on any atom is 0.146 e. The SMILES string of the molecule is Cn1nc(N)cc1-c1cc2ccc(O)cc2s1. The molecule has 0 spiro atoms. The smallest absolute Gasteiger partial charge is 0.146 e. The molecule has 0 bridgehead atoms. The van der Waals surface area contributed by atoms with E-state index in [-0.39, 0.29) is 5.75 Å². The van der Waals surface area contributed by atoms with Gasteiger partial charge in [0.15, 0.2) is 0 Å².